The van der Waals surface area contributed by atoms with Gasteiger partial charge in [-0.2, -0.15) is 5.10 Å². The van der Waals surface area contributed by atoms with Crippen molar-refractivity contribution in [2.75, 3.05) is 0 Å². The first kappa shape index (κ1) is 16.9. The summed E-state index contributed by atoms with van der Waals surface area (Å²) in [6.45, 7) is 2.37. The maximum absolute atomic E-state index is 12.9. The van der Waals surface area contributed by atoms with Gasteiger partial charge in [0, 0.05) is 0 Å². The molecule has 2 aromatic carbocycles. The van der Waals surface area contributed by atoms with Gasteiger partial charge in [-0.3, -0.25) is 4.79 Å². The molecule has 3 aromatic rings. The molecule has 1 amide bonds. The number of nitrogens with zero attached hydrogens (tertiary/aromatic N) is 2. The van der Waals surface area contributed by atoms with E-state index in [1.807, 2.05) is 49.4 Å². The first-order chi connectivity index (χ1) is 12.6. The van der Waals surface area contributed by atoms with Gasteiger partial charge in [-0.25, -0.2) is 4.68 Å². The Morgan fingerprint density at radius 3 is 2.73 bits per heavy atom. The third-order valence-electron chi connectivity index (χ3n) is 4.91. The monoisotopic (exact) mass is 365 g/mol. The Morgan fingerprint density at radius 2 is 1.92 bits per heavy atom. The zero-order valence-corrected chi connectivity index (χ0v) is 15.3. The number of nitrogens with one attached hydrogen (secondary N) is 1. The fourth-order valence-corrected chi connectivity index (χ4v) is 3.93. The van der Waals surface area contributed by atoms with Crippen LogP contribution in [-0.4, -0.2) is 15.7 Å². The molecule has 1 atom stereocenters. The van der Waals surface area contributed by atoms with Crippen molar-refractivity contribution in [1.29, 1.82) is 0 Å². The molecule has 5 heteroatoms. The SMILES string of the molecule is Cc1nn(Cc2ccccc2)c(Cl)c1C(=O)NC1CCc2ccccc21. The standard InChI is InChI=1S/C21H20ClN3O/c1-14-19(20(22)25(24-14)13-15-7-3-2-4-8-15)21(26)23-18-12-11-16-9-5-6-10-17(16)18/h2-10,18H,11-13H2,1H3,(H,23,26). The highest BCUT2D eigenvalue weighted by Crippen LogP contribution is 2.31. The van der Waals surface area contributed by atoms with Gasteiger partial charge in [0.15, 0.2) is 0 Å². The minimum Gasteiger partial charge on any atom is -0.345 e. The van der Waals surface area contributed by atoms with Crippen LogP contribution in [0.1, 0.15) is 45.2 Å². The lowest BCUT2D eigenvalue weighted by molar-refractivity contribution is 0.0936. The Morgan fingerprint density at radius 1 is 1.19 bits per heavy atom. The zero-order chi connectivity index (χ0) is 18.1. The van der Waals surface area contributed by atoms with Gasteiger partial charge in [0.25, 0.3) is 5.91 Å². The summed E-state index contributed by atoms with van der Waals surface area (Å²) in [5.74, 6) is -0.159. The van der Waals surface area contributed by atoms with Gasteiger partial charge in [-0.1, -0.05) is 66.2 Å². The van der Waals surface area contributed by atoms with E-state index in [1.165, 1.54) is 11.1 Å². The largest absolute Gasteiger partial charge is 0.345 e. The minimum atomic E-state index is -0.159. The number of hydrogen-bond acceptors (Lipinski definition) is 2. The van der Waals surface area contributed by atoms with Crippen molar-refractivity contribution in [3.63, 3.8) is 0 Å². The third-order valence-corrected chi connectivity index (χ3v) is 5.29. The van der Waals surface area contributed by atoms with Crippen molar-refractivity contribution >= 4 is 17.5 Å². The summed E-state index contributed by atoms with van der Waals surface area (Å²) in [5.41, 5.74) is 4.71. The van der Waals surface area contributed by atoms with Crippen molar-refractivity contribution in [1.82, 2.24) is 15.1 Å². The van der Waals surface area contributed by atoms with Gasteiger partial charge in [0.2, 0.25) is 0 Å². The lowest BCUT2D eigenvalue weighted by Gasteiger charge is -2.14. The van der Waals surface area contributed by atoms with Crippen LogP contribution in [0.25, 0.3) is 0 Å². The van der Waals surface area contributed by atoms with Gasteiger partial charge in [-0.15, -0.1) is 0 Å². The summed E-state index contributed by atoms with van der Waals surface area (Å²) in [4.78, 5) is 12.9. The topological polar surface area (TPSA) is 46.9 Å². The van der Waals surface area contributed by atoms with Crippen molar-refractivity contribution < 1.29 is 4.79 Å². The second-order valence-electron chi connectivity index (χ2n) is 6.66. The van der Waals surface area contributed by atoms with E-state index in [0.717, 1.165) is 18.4 Å². The summed E-state index contributed by atoms with van der Waals surface area (Å²) in [6, 6.07) is 18.2. The molecule has 0 bridgehead atoms. The number of rotatable bonds is 4. The quantitative estimate of drug-likeness (QED) is 0.748. The van der Waals surface area contributed by atoms with Crippen molar-refractivity contribution in [2.45, 2.75) is 32.4 Å². The second kappa shape index (κ2) is 6.96. The molecule has 1 heterocycles. The molecule has 0 radical (unpaired) electrons. The summed E-state index contributed by atoms with van der Waals surface area (Å²) < 4.78 is 1.68. The van der Waals surface area contributed by atoms with Crippen LogP contribution in [0.2, 0.25) is 5.15 Å². The average molecular weight is 366 g/mol. The maximum atomic E-state index is 12.9. The molecule has 4 rings (SSSR count). The number of halogens is 1. The summed E-state index contributed by atoms with van der Waals surface area (Å²) in [6.07, 6.45) is 1.90. The Balaban J connectivity index is 1.55. The van der Waals surface area contributed by atoms with Crippen LogP contribution < -0.4 is 5.32 Å². The van der Waals surface area contributed by atoms with Crippen LogP contribution in [0.4, 0.5) is 0 Å². The zero-order valence-electron chi connectivity index (χ0n) is 14.6. The first-order valence-corrected chi connectivity index (χ1v) is 9.17. The molecule has 4 nitrogen and oxygen atoms in total. The molecule has 1 aliphatic rings. The summed E-state index contributed by atoms with van der Waals surface area (Å²) >= 11 is 6.50. The highest BCUT2D eigenvalue weighted by Gasteiger charge is 2.27. The maximum Gasteiger partial charge on any atom is 0.256 e. The van der Waals surface area contributed by atoms with Crippen molar-refractivity contribution in [3.05, 3.63) is 87.7 Å². The average Bonchev–Trinajstić information content (AvgIpc) is 3.17. The van der Waals surface area contributed by atoms with E-state index >= 15 is 0 Å². The number of aromatic nitrogens is 2. The van der Waals surface area contributed by atoms with E-state index < -0.39 is 0 Å². The molecule has 0 aliphatic heterocycles. The fourth-order valence-electron chi connectivity index (χ4n) is 3.61. The Bertz CT molecular complexity index is 949. The van der Waals surface area contributed by atoms with E-state index in [-0.39, 0.29) is 11.9 Å². The predicted molar refractivity (Wildman–Crippen MR) is 102 cm³/mol. The van der Waals surface area contributed by atoms with Gasteiger partial charge < -0.3 is 5.32 Å². The molecule has 1 N–H and O–H groups in total. The number of amides is 1. The third kappa shape index (κ3) is 3.13. The molecule has 1 aromatic heterocycles. The molecule has 26 heavy (non-hydrogen) atoms. The van der Waals surface area contributed by atoms with Gasteiger partial charge in [0.05, 0.1) is 23.8 Å². The van der Waals surface area contributed by atoms with Crippen LogP contribution in [0.3, 0.4) is 0 Å². The Labute approximate surface area is 157 Å². The summed E-state index contributed by atoms with van der Waals surface area (Å²) in [7, 11) is 0. The first-order valence-electron chi connectivity index (χ1n) is 8.79. The molecule has 0 fully saturated rings. The van der Waals surface area contributed by atoms with Gasteiger partial charge >= 0.3 is 0 Å². The molecule has 1 unspecified atom stereocenters. The van der Waals surface area contributed by atoms with Crippen molar-refractivity contribution in [3.8, 4) is 0 Å². The molecular formula is C21H20ClN3O. The van der Waals surface area contributed by atoms with E-state index in [9.17, 15) is 4.79 Å². The van der Waals surface area contributed by atoms with E-state index in [0.29, 0.717) is 23.0 Å². The smallest absolute Gasteiger partial charge is 0.256 e. The number of benzene rings is 2. The number of carbonyl (C=O) groups excluding carboxylic acids is 1. The summed E-state index contributed by atoms with van der Waals surface area (Å²) in [5, 5.41) is 7.99. The lowest BCUT2D eigenvalue weighted by Crippen LogP contribution is -2.27. The Kier molecular flexibility index (Phi) is 4.51. The highest BCUT2D eigenvalue weighted by molar-refractivity contribution is 6.33. The van der Waals surface area contributed by atoms with Crippen LogP contribution >= 0.6 is 11.6 Å². The molecule has 132 valence electrons. The highest BCUT2D eigenvalue weighted by atomic mass is 35.5. The molecule has 1 aliphatic carbocycles. The van der Waals surface area contributed by atoms with Gasteiger partial charge in [0.1, 0.15) is 5.15 Å². The number of carbonyl (C=O) groups is 1. The minimum absolute atomic E-state index is 0.0339. The number of aryl methyl sites for hydroxylation is 2. The van der Waals surface area contributed by atoms with Crippen LogP contribution in [0.5, 0.6) is 0 Å². The second-order valence-corrected chi connectivity index (χ2v) is 7.02. The van der Waals surface area contributed by atoms with Gasteiger partial charge in [-0.05, 0) is 36.5 Å². The van der Waals surface area contributed by atoms with Crippen LogP contribution in [0.15, 0.2) is 54.6 Å². The van der Waals surface area contributed by atoms with Crippen molar-refractivity contribution in [2.24, 2.45) is 0 Å². The van der Waals surface area contributed by atoms with E-state index in [1.54, 1.807) is 4.68 Å². The molecule has 0 saturated heterocycles. The molecule has 0 saturated carbocycles. The normalized spacial score (nSPS) is 15.7. The number of fused-ring (bicyclic) bond motifs is 1. The molecular weight excluding hydrogens is 346 g/mol. The predicted octanol–water partition coefficient (Wildman–Crippen LogP) is 4.31. The van der Waals surface area contributed by atoms with Crippen LogP contribution in [0, 0.1) is 6.92 Å². The lowest BCUT2D eigenvalue weighted by atomic mass is 10.1. The van der Waals surface area contributed by atoms with E-state index in [4.69, 9.17) is 11.6 Å². The van der Waals surface area contributed by atoms with Crippen LogP contribution in [-0.2, 0) is 13.0 Å². The molecule has 0 spiro atoms. The number of hydrogen-bond donors (Lipinski definition) is 1. The van der Waals surface area contributed by atoms with E-state index in [2.05, 4.69) is 22.5 Å². The Hall–Kier alpha value is -2.59. The fraction of sp³-hybridized carbons (Fsp3) is 0.238.